The van der Waals surface area contributed by atoms with Crippen molar-refractivity contribution in [2.24, 2.45) is 5.73 Å². The maximum Gasteiger partial charge on any atom is 0.320 e. The molecule has 1 rings (SSSR count). The topological polar surface area (TPSA) is 106 Å². The van der Waals surface area contributed by atoms with Crippen molar-refractivity contribution < 1.29 is 14.8 Å². The molecule has 1 aromatic carbocycles. The molecule has 1 aromatic rings. The quantitative estimate of drug-likeness (QED) is 0.574. The summed E-state index contributed by atoms with van der Waals surface area (Å²) >= 11 is 0. The minimum atomic E-state index is -1.01. The number of nitrogens with zero attached hydrogens (tertiary/aromatic N) is 1. The molecule has 0 aliphatic rings. The van der Waals surface area contributed by atoms with Gasteiger partial charge in [0.2, 0.25) is 0 Å². The molecule has 92 valence electrons. The van der Waals surface area contributed by atoms with Crippen LogP contribution in [0.3, 0.4) is 0 Å². The van der Waals surface area contributed by atoms with E-state index in [2.05, 4.69) is 0 Å². The third-order valence-corrected chi connectivity index (χ3v) is 2.44. The molecule has 0 saturated heterocycles. The lowest BCUT2D eigenvalue weighted by molar-refractivity contribution is -0.384. The molecule has 3 N–H and O–H groups in total. The van der Waals surface area contributed by atoms with Crippen LogP contribution in [0.5, 0.6) is 0 Å². The van der Waals surface area contributed by atoms with E-state index in [1.54, 1.807) is 12.1 Å². The lowest BCUT2D eigenvalue weighted by atomic mass is 10.0. The number of hydrogen-bond acceptors (Lipinski definition) is 4. The summed E-state index contributed by atoms with van der Waals surface area (Å²) < 4.78 is 0. The summed E-state index contributed by atoms with van der Waals surface area (Å²) in [7, 11) is 0. The Morgan fingerprint density at radius 3 is 2.47 bits per heavy atom. The van der Waals surface area contributed by atoms with Gasteiger partial charge >= 0.3 is 5.97 Å². The third kappa shape index (κ3) is 4.20. The maximum atomic E-state index is 10.5. The Morgan fingerprint density at radius 2 is 2.00 bits per heavy atom. The molecule has 0 fully saturated rings. The Balaban J connectivity index is 2.42. The Kier molecular flexibility index (Phi) is 4.59. The van der Waals surface area contributed by atoms with Crippen LogP contribution in [0.2, 0.25) is 0 Å². The average Bonchev–Trinajstić information content (AvgIpc) is 2.29. The van der Waals surface area contributed by atoms with E-state index < -0.39 is 16.9 Å². The molecule has 0 radical (unpaired) electrons. The molecule has 0 aliphatic carbocycles. The predicted octanol–water partition coefficient (Wildman–Crippen LogP) is 1.33. The zero-order chi connectivity index (χ0) is 12.8. The van der Waals surface area contributed by atoms with Crippen LogP contribution in [0.15, 0.2) is 24.3 Å². The molecular weight excluding hydrogens is 224 g/mol. The van der Waals surface area contributed by atoms with Gasteiger partial charge in [0, 0.05) is 12.1 Å². The maximum absolute atomic E-state index is 10.5. The van der Waals surface area contributed by atoms with Gasteiger partial charge in [0.25, 0.3) is 5.69 Å². The SMILES string of the molecule is N[C@@H](CCCc1ccc([N+](=O)[O-])cc1)C(=O)O. The van der Waals surface area contributed by atoms with E-state index in [9.17, 15) is 14.9 Å². The zero-order valence-electron chi connectivity index (χ0n) is 9.20. The summed E-state index contributed by atoms with van der Waals surface area (Å²) in [5.41, 5.74) is 6.35. The summed E-state index contributed by atoms with van der Waals surface area (Å²) in [4.78, 5) is 20.4. The van der Waals surface area contributed by atoms with Crippen molar-refractivity contribution in [3.05, 3.63) is 39.9 Å². The molecule has 0 spiro atoms. The monoisotopic (exact) mass is 238 g/mol. The first-order chi connectivity index (χ1) is 8.00. The second-order valence-corrected chi connectivity index (χ2v) is 3.76. The summed E-state index contributed by atoms with van der Waals surface area (Å²) in [6.07, 6.45) is 1.70. The Labute approximate surface area is 98.2 Å². The first-order valence-electron chi connectivity index (χ1n) is 5.22. The van der Waals surface area contributed by atoms with Crippen LogP contribution in [0.1, 0.15) is 18.4 Å². The molecule has 6 heteroatoms. The first kappa shape index (κ1) is 13.1. The fourth-order valence-electron chi connectivity index (χ4n) is 1.43. The second-order valence-electron chi connectivity index (χ2n) is 3.76. The number of carboxylic acid groups (broad SMARTS) is 1. The van der Waals surface area contributed by atoms with Crippen LogP contribution in [-0.4, -0.2) is 22.0 Å². The van der Waals surface area contributed by atoms with E-state index in [-0.39, 0.29) is 5.69 Å². The number of nitro benzene ring substituents is 1. The van der Waals surface area contributed by atoms with E-state index in [1.165, 1.54) is 12.1 Å². The predicted molar refractivity (Wildman–Crippen MR) is 61.6 cm³/mol. The first-order valence-corrected chi connectivity index (χ1v) is 5.22. The minimum absolute atomic E-state index is 0.0518. The Morgan fingerprint density at radius 1 is 1.41 bits per heavy atom. The van der Waals surface area contributed by atoms with Crippen LogP contribution in [0.4, 0.5) is 5.69 Å². The van der Waals surface area contributed by atoms with Crippen LogP contribution in [0.25, 0.3) is 0 Å². The number of benzene rings is 1. The van der Waals surface area contributed by atoms with Gasteiger partial charge in [0.15, 0.2) is 0 Å². The van der Waals surface area contributed by atoms with E-state index >= 15 is 0 Å². The van der Waals surface area contributed by atoms with Crippen LogP contribution in [0, 0.1) is 10.1 Å². The fourth-order valence-corrected chi connectivity index (χ4v) is 1.43. The van der Waals surface area contributed by atoms with Gasteiger partial charge in [0.1, 0.15) is 6.04 Å². The van der Waals surface area contributed by atoms with Gasteiger partial charge in [0.05, 0.1) is 4.92 Å². The van der Waals surface area contributed by atoms with Gasteiger partial charge in [-0.25, -0.2) is 0 Å². The summed E-state index contributed by atoms with van der Waals surface area (Å²) in [5.74, 6) is -1.01. The highest BCUT2D eigenvalue weighted by molar-refractivity contribution is 5.72. The highest BCUT2D eigenvalue weighted by Gasteiger charge is 2.10. The highest BCUT2D eigenvalue weighted by atomic mass is 16.6. The molecule has 0 amide bonds. The molecule has 0 heterocycles. The lowest BCUT2D eigenvalue weighted by Gasteiger charge is -2.05. The smallest absolute Gasteiger partial charge is 0.320 e. The number of nitro groups is 1. The molecule has 0 saturated carbocycles. The number of aryl methyl sites for hydroxylation is 1. The van der Waals surface area contributed by atoms with E-state index in [0.29, 0.717) is 19.3 Å². The van der Waals surface area contributed by atoms with Gasteiger partial charge in [-0.15, -0.1) is 0 Å². The normalized spacial score (nSPS) is 12.1. The molecule has 0 bridgehead atoms. The Hall–Kier alpha value is -1.95. The van der Waals surface area contributed by atoms with Crippen LogP contribution in [-0.2, 0) is 11.2 Å². The lowest BCUT2D eigenvalue weighted by Crippen LogP contribution is -2.29. The number of rotatable bonds is 6. The van der Waals surface area contributed by atoms with Crippen molar-refractivity contribution in [2.45, 2.75) is 25.3 Å². The van der Waals surface area contributed by atoms with Crippen molar-refractivity contribution in [2.75, 3.05) is 0 Å². The van der Waals surface area contributed by atoms with Crippen LogP contribution < -0.4 is 5.73 Å². The molecule has 0 aliphatic heterocycles. The molecule has 1 atom stereocenters. The Bertz CT molecular complexity index is 402. The van der Waals surface area contributed by atoms with Crippen LogP contribution >= 0.6 is 0 Å². The number of carbonyl (C=O) groups is 1. The summed E-state index contributed by atoms with van der Waals surface area (Å²) in [5, 5.41) is 19.0. The van der Waals surface area contributed by atoms with Crippen molar-refractivity contribution in [3.63, 3.8) is 0 Å². The molecule has 17 heavy (non-hydrogen) atoms. The largest absolute Gasteiger partial charge is 0.480 e. The number of carboxylic acids is 1. The third-order valence-electron chi connectivity index (χ3n) is 2.44. The number of aliphatic carboxylic acids is 1. The number of nitrogens with two attached hydrogens (primary N) is 1. The molecule has 0 unspecified atom stereocenters. The van der Waals surface area contributed by atoms with Crippen molar-refractivity contribution in [1.82, 2.24) is 0 Å². The van der Waals surface area contributed by atoms with Gasteiger partial charge in [-0.05, 0) is 24.8 Å². The average molecular weight is 238 g/mol. The number of hydrogen-bond donors (Lipinski definition) is 2. The molecular formula is C11H14N2O4. The fraction of sp³-hybridized carbons (Fsp3) is 0.364. The van der Waals surface area contributed by atoms with Gasteiger partial charge in [-0.1, -0.05) is 12.1 Å². The van der Waals surface area contributed by atoms with E-state index in [4.69, 9.17) is 10.8 Å². The molecule has 6 nitrogen and oxygen atoms in total. The number of non-ortho nitro benzene ring substituents is 1. The van der Waals surface area contributed by atoms with Gasteiger partial charge < -0.3 is 10.8 Å². The second kappa shape index (κ2) is 5.95. The summed E-state index contributed by atoms with van der Waals surface area (Å²) in [6, 6.07) is 5.38. The minimum Gasteiger partial charge on any atom is -0.480 e. The highest BCUT2D eigenvalue weighted by Crippen LogP contribution is 2.13. The summed E-state index contributed by atoms with van der Waals surface area (Å²) in [6.45, 7) is 0. The van der Waals surface area contributed by atoms with E-state index in [1.807, 2.05) is 0 Å². The van der Waals surface area contributed by atoms with Gasteiger partial charge in [-0.2, -0.15) is 0 Å². The standard InChI is InChI=1S/C11H14N2O4/c12-10(11(14)15)3-1-2-8-4-6-9(7-5-8)13(16)17/h4-7,10H,1-3,12H2,(H,14,15)/t10-/m0/s1. The van der Waals surface area contributed by atoms with Crippen molar-refractivity contribution in [3.8, 4) is 0 Å². The van der Waals surface area contributed by atoms with Crippen molar-refractivity contribution in [1.29, 1.82) is 0 Å². The molecule has 0 aromatic heterocycles. The zero-order valence-corrected chi connectivity index (χ0v) is 9.20. The van der Waals surface area contributed by atoms with Crippen molar-refractivity contribution >= 4 is 11.7 Å². The van der Waals surface area contributed by atoms with E-state index in [0.717, 1.165) is 5.56 Å². The van der Waals surface area contributed by atoms with Gasteiger partial charge in [-0.3, -0.25) is 14.9 Å².